The van der Waals surface area contributed by atoms with Gasteiger partial charge >= 0.3 is 12.1 Å². The Morgan fingerprint density at radius 2 is 1.71 bits per heavy atom. The van der Waals surface area contributed by atoms with Crippen molar-refractivity contribution in [2.24, 2.45) is 11.7 Å². The van der Waals surface area contributed by atoms with Gasteiger partial charge < -0.3 is 19.9 Å². The number of esters is 1. The lowest BCUT2D eigenvalue weighted by molar-refractivity contribution is -0.148. The molecule has 2 amide bonds. The van der Waals surface area contributed by atoms with Crippen LogP contribution in [0.4, 0.5) is 13.2 Å². The van der Waals surface area contributed by atoms with E-state index in [1.54, 1.807) is 42.5 Å². The second kappa shape index (κ2) is 9.16. The van der Waals surface area contributed by atoms with E-state index < -0.39 is 48.4 Å². The van der Waals surface area contributed by atoms with Crippen molar-refractivity contribution >= 4 is 28.8 Å². The lowest BCUT2D eigenvalue weighted by Crippen LogP contribution is -2.34. The third-order valence-electron chi connectivity index (χ3n) is 5.67. The first kappa shape index (κ1) is 23.3. The molecule has 4 rings (SSSR count). The highest BCUT2D eigenvalue weighted by Gasteiger charge is 2.41. The zero-order valence-electron chi connectivity index (χ0n) is 17.9. The highest BCUT2D eigenvalue weighted by atomic mass is 19.4. The largest absolute Gasteiger partial charge is 0.457 e. The lowest BCUT2D eigenvalue weighted by atomic mass is 10.0. The van der Waals surface area contributed by atoms with Crippen LogP contribution < -0.4 is 5.73 Å². The Hall–Kier alpha value is -3.89. The maximum Gasteiger partial charge on any atom is 0.449 e. The number of fused-ring (bicyclic) bond motifs is 1. The van der Waals surface area contributed by atoms with Gasteiger partial charge in [0, 0.05) is 18.9 Å². The molecule has 2 heterocycles. The second-order valence-corrected chi connectivity index (χ2v) is 8.05. The number of amides is 2. The Balaban J connectivity index is 1.55. The first-order valence-corrected chi connectivity index (χ1v) is 10.5. The Morgan fingerprint density at radius 3 is 2.38 bits per heavy atom. The molecule has 11 heteroatoms. The molecular weight excluding hydrogens is 453 g/mol. The van der Waals surface area contributed by atoms with E-state index in [-0.39, 0.29) is 30.5 Å². The summed E-state index contributed by atoms with van der Waals surface area (Å²) in [5.41, 5.74) is 5.90. The van der Waals surface area contributed by atoms with Crippen LogP contribution in [0, 0.1) is 5.92 Å². The lowest BCUT2D eigenvalue weighted by Gasteiger charge is -2.18. The van der Waals surface area contributed by atoms with Crippen LogP contribution in [0.3, 0.4) is 0 Å². The van der Waals surface area contributed by atoms with Gasteiger partial charge in [0.15, 0.2) is 0 Å². The molecule has 1 aromatic heterocycles. The van der Waals surface area contributed by atoms with Crippen molar-refractivity contribution < 1.29 is 32.3 Å². The van der Waals surface area contributed by atoms with Crippen LogP contribution in [-0.2, 0) is 27.0 Å². The van der Waals surface area contributed by atoms with E-state index in [1.165, 1.54) is 17.0 Å². The van der Waals surface area contributed by atoms with E-state index in [2.05, 4.69) is 4.98 Å². The fraction of sp³-hybridized carbons (Fsp3) is 0.304. The molecule has 178 valence electrons. The quantitative estimate of drug-likeness (QED) is 0.553. The van der Waals surface area contributed by atoms with Crippen LogP contribution in [0.25, 0.3) is 11.0 Å². The van der Waals surface area contributed by atoms with Crippen molar-refractivity contribution in [1.29, 1.82) is 0 Å². The number of alkyl halides is 3. The molecule has 0 saturated carbocycles. The van der Waals surface area contributed by atoms with Gasteiger partial charge in [0.25, 0.3) is 0 Å². The number of nitrogens with zero attached hydrogens (tertiary/aromatic N) is 3. The Morgan fingerprint density at radius 1 is 1.03 bits per heavy atom. The fourth-order valence-electron chi connectivity index (χ4n) is 4.10. The fourth-order valence-corrected chi connectivity index (χ4v) is 4.10. The van der Waals surface area contributed by atoms with E-state index in [0.717, 1.165) is 4.57 Å². The Bertz CT molecular complexity index is 1230. The van der Waals surface area contributed by atoms with Gasteiger partial charge in [0.2, 0.25) is 17.6 Å². The van der Waals surface area contributed by atoms with Crippen LogP contribution in [0.1, 0.15) is 22.6 Å². The van der Waals surface area contributed by atoms with E-state index >= 15 is 0 Å². The zero-order valence-corrected chi connectivity index (χ0v) is 17.9. The molecule has 2 aromatic carbocycles. The molecule has 2 N–H and O–H groups in total. The zero-order chi connectivity index (χ0) is 24.5. The summed E-state index contributed by atoms with van der Waals surface area (Å²) in [7, 11) is 0. The van der Waals surface area contributed by atoms with Crippen LogP contribution in [0.2, 0.25) is 0 Å². The van der Waals surface area contributed by atoms with E-state index in [9.17, 15) is 27.6 Å². The van der Waals surface area contributed by atoms with Gasteiger partial charge in [-0.1, -0.05) is 30.3 Å². The third kappa shape index (κ3) is 4.87. The normalized spacial score (nSPS) is 18.3. The number of ether oxygens (including phenoxy) is 1. The van der Waals surface area contributed by atoms with Gasteiger partial charge in [-0.25, -0.2) is 9.78 Å². The van der Waals surface area contributed by atoms with E-state index in [0.29, 0.717) is 5.56 Å². The molecule has 2 atom stereocenters. The van der Waals surface area contributed by atoms with Crippen molar-refractivity contribution in [1.82, 2.24) is 14.5 Å². The number of imidazole rings is 1. The molecule has 0 aliphatic carbocycles. The van der Waals surface area contributed by atoms with Crippen LogP contribution in [0.15, 0.2) is 54.6 Å². The highest BCUT2D eigenvalue weighted by Crippen LogP contribution is 2.32. The summed E-state index contributed by atoms with van der Waals surface area (Å²) < 4.78 is 47.1. The summed E-state index contributed by atoms with van der Waals surface area (Å²) in [6, 6.07) is 14.2. The average molecular weight is 474 g/mol. The summed E-state index contributed by atoms with van der Waals surface area (Å²) >= 11 is 0. The average Bonchev–Trinajstić information content (AvgIpc) is 3.35. The van der Waals surface area contributed by atoms with Gasteiger partial charge in [-0.05, 0) is 24.3 Å². The summed E-state index contributed by atoms with van der Waals surface area (Å²) in [4.78, 5) is 42.0. The minimum absolute atomic E-state index is 0.0164. The number of likely N-dealkylation sites (tertiary alicyclic amines) is 1. The third-order valence-corrected chi connectivity index (χ3v) is 5.67. The van der Waals surface area contributed by atoms with Crippen LogP contribution in [0.5, 0.6) is 0 Å². The van der Waals surface area contributed by atoms with Gasteiger partial charge in [-0.3, -0.25) is 9.59 Å². The number of aromatic nitrogens is 2. The van der Waals surface area contributed by atoms with Crippen molar-refractivity contribution in [3.8, 4) is 0 Å². The molecule has 0 bridgehead atoms. The minimum Gasteiger partial charge on any atom is -0.457 e. The number of para-hydroxylation sites is 2. The molecule has 34 heavy (non-hydrogen) atoms. The van der Waals surface area contributed by atoms with E-state index in [4.69, 9.17) is 10.5 Å². The summed E-state index contributed by atoms with van der Waals surface area (Å²) in [6.07, 6.45) is -5.73. The Labute approximate surface area is 192 Å². The van der Waals surface area contributed by atoms with Crippen molar-refractivity contribution in [3.05, 3.63) is 66.0 Å². The summed E-state index contributed by atoms with van der Waals surface area (Å²) in [5, 5.41) is 0. The minimum atomic E-state index is -4.76. The predicted octanol–water partition coefficient (Wildman–Crippen LogP) is 2.61. The molecule has 1 saturated heterocycles. The number of hydrogen-bond acceptors (Lipinski definition) is 5. The van der Waals surface area contributed by atoms with Gasteiger partial charge in [0.1, 0.15) is 12.6 Å². The first-order chi connectivity index (χ1) is 16.1. The molecule has 1 aliphatic rings. The number of nitrogens with two attached hydrogens (primary N) is 1. The molecule has 0 unspecified atom stereocenters. The van der Waals surface area contributed by atoms with Crippen molar-refractivity contribution in [2.45, 2.75) is 25.2 Å². The second-order valence-electron chi connectivity index (χ2n) is 8.05. The Kier molecular flexibility index (Phi) is 6.27. The van der Waals surface area contributed by atoms with Crippen LogP contribution >= 0.6 is 0 Å². The molecular formula is C23H21F3N4O4. The molecule has 0 radical (unpaired) electrons. The SMILES string of the molecule is NC(=O)C[C@H]1CN(C(=O)Cn2c(C(F)(F)F)nc3ccccc32)C[C@H]1OC(=O)c1ccccc1. The standard InChI is InChI=1S/C23H21F3N4O4/c24-23(25,26)22-28-16-8-4-5-9-17(16)30(22)13-20(32)29-11-15(10-19(27)31)18(12-29)34-21(33)14-6-2-1-3-7-14/h1-9,15,18H,10-13H2,(H2,27,31)/t15-,18+/m0/s1. The summed E-state index contributed by atoms with van der Waals surface area (Å²) in [5.74, 6) is -3.64. The maximum atomic E-state index is 13.6. The van der Waals surface area contributed by atoms with E-state index in [1.807, 2.05) is 0 Å². The topological polar surface area (TPSA) is 108 Å². The first-order valence-electron chi connectivity index (χ1n) is 10.5. The molecule has 1 fully saturated rings. The number of benzene rings is 2. The number of carbonyl (C=O) groups is 3. The van der Waals surface area contributed by atoms with Gasteiger partial charge in [0.05, 0.1) is 23.1 Å². The maximum absolute atomic E-state index is 13.6. The predicted molar refractivity (Wildman–Crippen MR) is 114 cm³/mol. The van der Waals surface area contributed by atoms with Gasteiger partial charge in [-0.15, -0.1) is 0 Å². The smallest absolute Gasteiger partial charge is 0.449 e. The van der Waals surface area contributed by atoms with Gasteiger partial charge in [-0.2, -0.15) is 13.2 Å². The number of carbonyl (C=O) groups excluding carboxylic acids is 3. The van der Waals surface area contributed by atoms with Crippen molar-refractivity contribution in [2.75, 3.05) is 13.1 Å². The molecule has 8 nitrogen and oxygen atoms in total. The molecule has 3 aromatic rings. The summed E-state index contributed by atoms with van der Waals surface area (Å²) in [6.45, 7) is -0.663. The van der Waals surface area contributed by atoms with Crippen LogP contribution in [-0.4, -0.2) is 51.4 Å². The highest BCUT2D eigenvalue weighted by molar-refractivity contribution is 5.89. The number of hydrogen-bond donors (Lipinski definition) is 1. The molecule has 1 aliphatic heterocycles. The van der Waals surface area contributed by atoms with Crippen molar-refractivity contribution in [3.63, 3.8) is 0 Å². The molecule has 0 spiro atoms. The number of primary amides is 1. The monoisotopic (exact) mass is 474 g/mol. The number of rotatable bonds is 6. The number of halogens is 3.